The van der Waals surface area contributed by atoms with Crippen LogP contribution in [0.5, 0.6) is 0 Å². The van der Waals surface area contributed by atoms with E-state index in [0.29, 0.717) is 25.2 Å². The molecule has 1 heterocycles. The fourth-order valence-corrected chi connectivity index (χ4v) is 1.09. The lowest BCUT2D eigenvalue weighted by atomic mass is 10.0. The van der Waals surface area contributed by atoms with Gasteiger partial charge in [-0.2, -0.15) is 4.98 Å². The van der Waals surface area contributed by atoms with Gasteiger partial charge in [0.05, 0.1) is 0 Å². The van der Waals surface area contributed by atoms with Crippen LogP contribution >= 0.6 is 0 Å². The normalized spacial score (nSPS) is 11.4. The molecule has 0 saturated carbocycles. The van der Waals surface area contributed by atoms with Crippen molar-refractivity contribution < 1.29 is 9.32 Å². The van der Waals surface area contributed by atoms with Gasteiger partial charge in [0.1, 0.15) is 0 Å². The number of carbonyl (C=O) groups excluding carboxylic acids is 1. The topological polar surface area (TPSA) is 94.0 Å². The smallest absolute Gasteiger partial charge is 0.221 e. The van der Waals surface area contributed by atoms with Crippen LogP contribution in [0.3, 0.4) is 0 Å². The van der Waals surface area contributed by atoms with Gasteiger partial charge in [-0.3, -0.25) is 4.79 Å². The minimum absolute atomic E-state index is 0.0639. The first-order valence-corrected chi connectivity index (χ1v) is 4.78. The third-order valence-electron chi connectivity index (χ3n) is 1.69. The molecule has 0 aliphatic rings. The summed E-state index contributed by atoms with van der Waals surface area (Å²) >= 11 is 0. The fourth-order valence-electron chi connectivity index (χ4n) is 1.09. The van der Waals surface area contributed by atoms with Gasteiger partial charge in [-0.1, -0.05) is 5.16 Å². The van der Waals surface area contributed by atoms with E-state index in [1.165, 1.54) is 6.39 Å². The molecule has 0 spiro atoms. The number of amides is 1. The molecule has 0 aromatic carbocycles. The highest BCUT2D eigenvalue weighted by Gasteiger charge is 2.15. The summed E-state index contributed by atoms with van der Waals surface area (Å²) in [6, 6.07) is 0. The Hall–Kier alpha value is -1.43. The molecule has 1 aromatic rings. The van der Waals surface area contributed by atoms with Gasteiger partial charge in [0.2, 0.25) is 12.3 Å². The molecule has 0 aliphatic heterocycles. The van der Waals surface area contributed by atoms with Gasteiger partial charge < -0.3 is 15.6 Å². The predicted octanol–water partition coefficient (Wildman–Crippen LogP) is -0.144. The minimum atomic E-state index is -0.476. The van der Waals surface area contributed by atoms with Crippen molar-refractivity contribution in [2.24, 2.45) is 5.73 Å². The average molecular weight is 212 g/mol. The Kier molecular flexibility index (Phi) is 3.79. The maximum Gasteiger partial charge on any atom is 0.221 e. The minimum Gasteiger partial charge on any atom is -0.356 e. The van der Waals surface area contributed by atoms with Crippen LogP contribution in [0.15, 0.2) is 10.9 Å². The second-order valence-corrected chi connectivity index (χ2v) is 4.11. The van der Waals surface area contributed by atoms with Gasteiger partial charge in [0.15, 0.2) is 5.82 Å². The third kappa shape index (κ3) is 5.11. The number of nitrogens with one attached hydrogen (secondary N) is 1. The van der Waals surface area contributed by atoms with Crippen molar-refractivity contribution in [3.8, 4) is 0 Å². The summed E-state index contributed by atoms with van der Waals surface area (Å²) in [7, 11) is 0. The summed E-state index contributed by atoms with van der Waals surface area (Å²) in [5.41, 5.74) is 5.23. The Morgan fingerprint density at radius 3 is 2.93 bits per heavy atom. The Morgan fingerprint density at radius 2 is 2.40 bits per heavy atom. The van der Waals surface area contributed by atoms with Crippen molar-refractivity contribution in [3.05, 3.63) is 12.2 Å². The van der Waals surface area contributed by atoms with Gasteiger partial charge in [-0.05, 0) is 13.8 Å². The molecular weight excluding hydrogens is 196 g/mol. The van der Waals surface area contributed by atoms with E-state index in [0.717, 1.165) is 0 Å². The highest BCUT2D eigenvalue weighted by molar-refractivity contribution is 5.77. The first-order valence-electron chi connectivity index (χ1n) is 4.78. The number of nitrogens with zero attached hydrogens (tertiary/aromatic N) is 2. The molecule has 0 aliphatic carbocycles. The van der Waals surface area contributed by atoms with Crippen LogP contribution in [-0.2, 0) is 11.2 Å². The summed E-state index contributed by atoms with van der Waals surface area (Å²) < 4.78 is 4.56. The number of nitrogens with two attached hydrogens (primary N) is 1. The average Bonchev–Trinajstić information content (AvgIpc) is 2.53. The molecule has 0 saturated heterocycles. The van der Waals surface area contributed by atoms with Gasteiger partial charge in [0.25, 0.3) is 0 Å². The maximum atomic E-state index is 11.3. The van der Waals surface area contributed by atoms with Crippen LogP contribution < -0.4 is 11.1 Å². The third-order valence-corrected chi connectivity index (χ3v) is 1.69. The quantitative estimate of drug-likeness (QED) is 0.708. The lowest BCUT2D eigenvalue weighted by Gasteiger charge is -2.17. The van der Waals surface area contributed by atoms with E-state index in [4.69, 9.17) is 5.73 Å². The number of rotatable bonds is 5. The van der Waals surface area contributed by atoms with E-state index in [1.807, 2.05) is 13.8 Å². The van der Waals surface area contributed by atoms with Crippen LogP contribution in [-0.4, -0.2) is 28.1 Å². The molecule has 0 fully saturated rings. The zero-order chi connectivity index (χ0) is 11.3. The van der Waals surface area contributed by atoms with E-state index < -0.39 is 5.54 Å². The van der Waals surface area contributed by atoms with Gasteiger partial charge >= 0.3 is 0 Å². The Labute approximate surface area is 88.2 Å². The van der Waals surface area contributed by atoms with Crippen LogP contribution in [0.25, 0.3) is 0 Å². The van der Waals surface area contributed by atoms with E-state index in [1.54, 1.807) is 0 Å². The molecule has 0 unspecified atom stereocenters. The Bertz CT molecular complexity index is 302. The SMILES string of the molecule is CC(C)(N)CC(=O)NCCc1ncon1. The van der Waals surface area contributed by atoms with Gasteiger partial charge in [-0.25, -0.2) is 0 Å². The lowest BCUT2D eigenvalue weighted by molar-refractivity contribution is -0.121. The van der Waals surface area contributed by atoms with Gasteiger partial charge in [-0.15, -0.1) is 0 Å². The van der Waals surface area contributed by atoms with E-state index in [-0.39, 0.29) is 5.91 Å². The second-order valence-electron chi connectivity index (χ2n) is 4.11. The zero-order valence-corrected chi connectivity index (χ0v) is 8.99. The Balaban J connectivity index is 2.18. The molecule has 6 nitrogen and oxygen atoms in total. The number of hydrogen-bond donors (Lipinski definition) is 2. The fraction of sp³-hybridized carbons (Fsp3) is 0.667. The number of carbonyl (C=O) groups is 1. The van der Waals surface area contributed by atoms with Crippen LogP contribution in [0.4, 0.5) is 0 Å². The molecular formula is C9H16N4O2. The molecule has 1 aromatic heterocycles. The molecule has 15 heavy (non-hydrogen) atoms. The molecule has 0 bridgehead atoms. The first kappa shape index (κ1) is 11.6. The summed E-state index contributed by atoms with van der Waals surface area (Å²) in [6.45, 7) is 4.12. The summed E-state index contributed by atoms with van der Waals surface area (Å²) in [5, 5.41) is 6.36. The van der Waals surface area contributed by atoms with Crippen molar-refractivity contribution >= 4 is 5.91 Å². The molecule has 3 N–H and O–H groups in total. The predicted molar refractivity (Wildman–Crippen MR) is 53.9 cm³/mol. The highest BCUT2D eigenvalue weighted by atomic mass is 16.5. The molecule has 1 rings (SSSR count). The van der Waals surface area contributed by atoms with Crippen molar-refractivity contribution in [1.29, 1.82) is 0 Å². The van der Waals surface area contributed by atoms with Crippen molar-refractivity contribution in [2.45, 2.75) is 32.2 Å². The molecule has 0 atom stereocenters. The largest absolute Gasteiger partial charge is 0.356 e. The van der Waals surface area contributed by atoms with Crippen LogP contribution in [0.2, 0.25) is 0 Å². The summed E-state index contributed by atoms with van der Waals surface area (Å²) in [5.74, 6) is 0.522. The van der Waals surface area contributed by atoms with E-state index in [2.05, 4.69) is 20.0 Å². The number of aromatic nitrogens is 2. The van der Waals surface area contributed by atoms with Crippen LogP contribution in [0, 0.1) is 0 Å². The Morgan fingerprint density at radius 1 is 1.67 bits per heavy atom. The first-order chi connectivity index (χ1) is 6.97. The monoisotopic (exact) mass is 212 g/mol. The van der Waals surface area contributed by atoms with Gasteiger partial charge in [0, 0.05) is 24.9 Å². The number of hydrogen-bond acceptors (Lipinski definition) is 5. The van der Waals surface area contributed by atoms with Crippen molar-refractivity contribution in [1.82, 2.24) is 15.5 Å². The standard InChI is InChI=1S/C9H16N4O2/c1-9(2,10)5-8(14)11-4-3-7-12-6-15-13-7/h6H,3-5,10H2,1-2H3,(H,11,14). The zero-order valence-electron chi connectivity index (χ0n) is 8.99. The molecule has 84 valence electrons. The van der Waals surface area contributed by atoms with E-state index in [9.17, 15) is 4.79 Å². The van der Waals surface area contributed by atoms with Crippen molar-refractivity contribution in [3.63, 3.8) is 0 Å². The summed E-state index contributed by atoms with van der Waals surface area (Å²) in [4.78, 5) is 15.2. The van der Waals surface area contributed by atoms with Crippen LogP contribution in [0.1, 0.15) is 26.1 Å². The molecule has 1 amide bonds. The lowest BCUT2D eigenvalue weighted by Crippen LogP contribution is -2.39. The second kappa shape index (κ2) is 4.88. The molecule has 0 radical (unpaired) electrons. The maximum absolute atomic E-state index is 11.3. The summed E-state index contributed by atoms with van der Waals surface area (Å²) in [6.07, 6.45) is 2.13. The molecule has 6 heteroatoms. The van der Waals surface area contributed by atoms with Crippen molar-refractivity contribution in [2.75, 3.05) is 6.54 Å². The highest BCUT2D eigenvalue weighted by Crippen LogP contribution is 2.02. The van der Waals surface area contributed by atoms with E-state index >= 15 is 0 Å².